The zero-order chi connectivity index (χ0) is 12.9. The molecule has 0 atom stereocenters. The van der Waals surface area contributed by atoms with Gasteiger partial charge in [-0.1, -0.05) is 0 Å². The van der Waals surface area contributed by atoms with Crippen molar-refractivity contribution in [1.82, 2.24) is 4.90 Å². The van der Waals surface area contributed by atoms with Crippen LogP contribution in [0, 0.1) is 5.41 Å². The predicted octanol–water partition coefficient (Wildman–Crippen LogP) is 1.99. The van der Waals surface area contributed by atoms with E-state index in [2.05, 4.69) is 4.90 Å². The van der Waals surface area contributed by atoms with Gasteiger partial charge in [0, 0.05) is 19.7 Å². The average Bonchev–Trinajstić information content (AvgIpc) is 3.06. The molecule has 0 radical (unpaired) electrons. The third kappa shape index (κ3) is 5.04. The Kier molecular flexibility index (Phi) is 5.40. The Morgan fingerprint density at radius 3 is 2.53 bits per heavy atom. The minimum atomic E-state index is -0.702. The Hall–Kier alpha value is -0.610. The molecule has 0 aliphatic heterocycles. The SMILES string of the molecule is COCCN(CCCC(C)(C)C(=O)O)C1CC1. The van der Waals surface area contributed by atoms with Crippen molar-refractivity contribution < 1.29 is 14.6 Å². The molecule has 1 rings (SSSR count). The van der Waals surface area contributed by atoms with E-state index in [1.807, 2.05) is 0 Å². The monoisotopic (exact) mass is 243 g/mol. The topological polar surface area (TPSA) is 49.8 Å². The molecule has 1 saturated carbocycles. The van der Waals surface area contributed by atoms with Crippen LogP contribution in [0.4, 0.5) is 0 Å². The maximum absolute atomic E-state index is 11.0. The van der Waals surface area contributed by atoms with Crippen LogP contribution in [-0.2, 0) is 9.53 Å². The minimum Gasteiger partial charge on any atom is -0.481 e. The van der Waals surface area contributed by atoms with E-state index in [1.165, 1.54) is 12.8 Å². The molecule has 0 aromatic rings. The van der Waals surface area contributed by atoms with Gasteiger partial charge < -0.3 is 9.84 Å². The minimum absolute atomic E-state index is 0.601. The first kappa shape index (κ1) is 14.5. The number of ether oxygens (including phenoxy) is 1. The molecule has 0 heterocycles. The van der Waals surface area contributed by atoms with Crippen LogP contribution in [0.2, 0.25) is 0 Å². The third-order valence-electron chi connectivity index (χ3n) is 3.47. The van der Waals surface area contributed by atoms with Crippen LogP contribution in [0.3, 0.4) is 0 Å². The van der Waals surface area contributed by atoms with E-state index in [0.717, 1.165) is 38.6 Å². The molecule has 0 bridgehead atoms. The number of hydrogen-bond acceptors (Lipinski definition) is 3. The Labute approximate surface area is 104 Å². The smallest absolute Gasteiger partial charge is 0.309 e. The summed E-state index contributed by atoms with van der Waals surface area (Å²) < 4.78 is 5.10. The van der Waals surface area contributed by atoms with Gasteiger partial charge in [0.05, 0.1) is 12.0 Å². The van der Waals surface area contributed by atoms with E-state index >= 15 is 0 Å². The average molecular weight is 243 g/mol. The van der Waals surface area contributed by atoms with E-state index in [9.17, 15) is 4.79 Å². The summed E-state index contributed by atoms with van der Waals surface area (Å²) in [5.41, 5.74) is -0.601. The summed E-state index contributed by atoms with van der Waals surface area (Å²) in [4.78, 5) is 13.4. The number of methoxy groups -OCH3 is 1. The van der Waals surface area contributed by atoms with Gasteiger partial charge in [0.2, 0.25) is 0 Å². The first-order valence-electron chi connectivity index (χ1n) is 6.44. The molecule has 0 amide bonds. The number of carboxylic acids is 1. The lowest BCUT2D eigenvalue weighted by Crippen LogP contribution is -2.32. The fraction of sp³-hybridized carbons (Fsp3) is 0.923. The Morgan fingerprint density at radius 2 is 2.06 bits per heavy atom. The number of carboxylic acid groups (broad SMARTS) is 1. The number of aliphatic carboxylic acids is 1. The Balaban J connectivity index is 2.24. The lowest BCUT2D eigenvalue weighted by Gasteiger charge is -2.24. The van der Waals surface area contributed by atoms with Gasteiger partial charge in [-0.3, -0.25) is 9.69 Å². The van der Waals surface area contributed by atoms with Crippen molar-refractivity contribution in [1.29, 1.82) is 0 Å². The standard InChI is InChI=1S/C13H25NO3/c1-13(2,12(15)16)7-4-8-14(9-10-17-3)11-5-6-11/h11H,4-10H2,1-3H3,(H,15,16). The predicted molar refractivity (Wildman–Crippen MR) is 67.1 cm³/mol. The van der Waals surface area contributed by atoms with Gasteiger partial charge in [-0.15, -0.1) is 0 Å². The fourth-order valence-corrected chi connectivity index (χ4v) is 1.96. The van der Waals surface area contributed by atoms with Crippen molar-refractivity contribution >= 4 is 5.97 Å². The van der Waals surface area contributed by atoms with Gasteiger partial charge in [-0.2, -0.15) is 0 Å². The van der Waals surface area contributed by atoms with E-state index in [-0.39, 0.29) is 0 Å². The van der Waals surface area contributed by atoms with Gasteiger partial charge in [0.15, 0.2) is 0 Å². The molecule has 1 fully saturated rings. The van der Waals surface area contributed by atoms with Gasteiger partial charge >= 0.3 is 5.97 Å². The molecular weight excluding hydrogens is 218 g/mol. The zero-order valence-corrected chi connectivity index (χ0v) is 11.2. The van der Waals surface area contributed by atoms with Gasteiger partial charge in [-0.25, -0.2) is 0 Å². The summed E-state index contributed by atoms with van der Waals surface area (Å²) in [6.07, 6.45) is 4.25. The van der Waals surface area contributed by atoms with Crippen LogP contribution in [0.15, 0.2) is 0 Å². The van der Waals surface area contributed by atoms with Gasteiger partial charge in [0.25, 0.3) is 0 Å². The molecule has 4 heteroatoms. The molecule has 1 aliphatic rings. The van der Waals surface area contributed by atoms with Gasteiger partial charge in [0.1, 0.15) is 0 Å². The highest BCUT2D eigenvalue weighted by atomic mass is 16.5. The maximum atomic E-state index is 11.0. The van der Waals surface area contributed by atoms with Crippen molar-refractivity contribution in [2.45, 2.75) is 45.6 Å². The molecule has 17 heavy (non-hydrogen) atoms. The number of nitrogens with zero attached hydrogens (tertiary/aromatic N) is 1. The quantitative estimate of drug-likeness (QED) is 0.673. The molecule has 1 N–H and O–H groups in total. The van der Waals surface area contributed by atoms with Crippen LogP contribution in [-0.4, -0.2) is 48.8 Å². The summed E-state index contributed by atoms with van der Waals surface area (Å²) >= 11 is 0. The fourth-order valence-electron chi connectivity index (χ4n) is 1.96. The highest BCUT2D eigenvalue weighted by Gasteiger charge is 2.30. The highest BCUT2D eigenvalue weighted by Crippen LogP contribution is 2.28. The van der Waals surface area contributed by atoms with Crippen LogP contribution in [0.25, 0.3) is 0 Å². The van der Waals surface area contributed by atoms with Gasteiger partial charge in [-0.05, 0) is 46.1 Å². The van der Waals surface area contributed by atoms with Crippen LogP contribution >= 0.6 is 0 Å². The molecule has 100 valence electrons. The van der Waals surface area contributed by atoms with E-state index in [0.29, 0.717) is 0 Å². The van der Waals surface area contributed by atoms with Crippen LogP contribution in [0.5, 0.6) is 0 Å². The summed E-state index contributed by atoms with van der Waals surface area (Å²) in [7, 11) is 1.72. The van der Waals surface area contributed by atoms with E-state index in [4.69, 9.17) is 9.84 Å². The zero-order valence-electron chi connectivity index (χ0n) is 11.2. The van der Waals surface area contributed by atoms with E-state index in [1.54, 1.807) is 21.0 Å². The highest BCUT2D eigenvalue weighted by molar-refractivity contribution is 5.73. The van der Waals surface area contributed by atoms with Crippen molar-refractivity contribution in [3.05, 3.63) is 0 Å². The second kappa shape index (κ2) is 6.36. The number of rotatable bonds is 9. The lowest BCUT2D eigenvalue weighted by molar-refractivity contribution is -0.147. The molecule has 0 aromatic heterocycles. The lowest BCUT2D eigenvalue weighted by atomic mass is 9.88. The maximum Gasteiger partial charge on any atom is 0.309 e. The molecule has 4 nitrogen and oxygen atoms in total. The van der Waals surface area contributed by atoms with Crippen molar-refractivity contribution in [3.8, 4) is 0 Å². The molecule has 0 spiro atoms. The molecule has 1 aliphatic carbocycles. The summed E-state index contributed by atoms with van der Waals surface area (Å²) in [6.45, 7) is 6.32. The van der Waals surface area contributed by atoms with Crippen LogP contribution < -0.4 is 0 Å². The van der Waals surface area contributed by atoms with Crippen molar-refractivity contribution in [2.75, 3.05) is 26.8 Å². The molecule has 0 aromatic carbocycles. The summed E-state index contributed by atoms with van der Waals surface area (Å²) in [6, 6.07) is 0.720. The summed E-state index contributed by atoms with van der Waals surface area (Å²) in [5.74, 6) is -0.702. The second-order valence-electron chi connectivity index (χ2n) is 5.55. The van der Waals surface area contributed by atoms with E-state index < -0.39 is 11.4 Å². The molecule has 0 unspecified atom stereocenters. The second-order valence-corrected chi connectivity index (χ2v) is 5.55. The number of hydrogen-bond donors (Lipinski definition) is 1. The number of carbonyl (C=O) groups is 1. The largest absolute Gasteiger partial charge is 0.481 e. The normalized spacial score (nSPS) is 16.5. The summed E-state index contributed by atoms with van der Waals surface area (Å²) in [5, 5.41) is 9.04. The van der Waals surface area contributed by atoms with Crippen molar-refractivity contribution in [2.24, 2.45) is 5.41 Å². The third-order valence-corrected chi connectivity index (χ3v) is 3.47. The van der Waals surface area contributed by atoms with Crippen LogP contribution in [0.1, 0.15) is 39.5 Å². The molecular formula is C13H25NO3. The first-order valence-corrected chi connectivity index (χ1v) is 6.44. The Bertz CT molecular complexity index is 249. The first-order chi connectivity index (χ1) is 7.97. The molecule has 0 saturated heterocycles. The van der Waals surface area contributed by atoms with Crippen molar-refractivity contribution in [3.63, 3.8) is 0 Å². The Morgan fingerprint density at radius 1 is 1.41 bits per heavy atom.